The lowest BCUT2D eigenvalue weighted by Gasteiger charge is -2.32. The molecule has 0 bridgehead atoms. The second kappa shape index (κ2) is 13.2. The fraction of sp³-hybridized carbons (Fsp3) is 0.174. The standard InChI is InChI=1S/C30H25ClN4O3.C16H10N2O2/c1-16(2)15-22-24-25(28(38)34(27(24)37)18-13-11-17(31)12-14-18)30(33-22)20-8-4-6-10-23(20)35-26(36)19-7-3-5-9-21(19)32-29(30)35;19-15-10-6-2-4-8-12(10)17-14(15)13-9-5-1-3-7-11(9)18-16(13)20/h3-14,16,22,24-25,33H,15H2,1-2H3;1-8,18,20H/t22?,24-,25+,30?;/m0./s1. The van der Waals surface area contributed by atoms with Crippen LogP contribution in [-0.2, 0) is 15.1 Å². The maximum absolute atomic E-state index is 14.4. The van der Waals surface area contributed by atoms with Gasteiger partial charge in [0.1, 0.15) is 17.1 Å². The lowest BCUT2D eigenvalue weighted by Crippen LogP contribution is -2.50. The molecule has 2 amide bonds. The van der Waals surface area contributed by atoms with E-state index in [0.29, 0.717) is 62.1 Å². The number of amides is 2. The normalized spacial score (nSPS) is 21.4. The van der Waals surface area contributed by atoms with Crippen molar-refractivity contribution < 1.29 is 19.5 Å². The molecule has 4 aliphatic heterocycles. The highest BCUT2D eigenvalue weighted by atomic mass is 35.5. The summed E-state index contributed by atoms with van der Waals surface area (Å²) in [7, 11) is 0. The van der Waals surface area contributed by atoms with Gasteiger partial charge < -0.3 is 10.1 Å². The molecule has 0 saturated carbocycles. The number of aromatic amines is 1. The Bertz CT molecular complexity index is 2990. The van der Waals surface area contributed by atoms with E-state index >= 15 is 0 Å². The number of halogens is 1. The Hall–Kier alpha value is -6.69. The van der Waals surface area contributed by atoms with Gasteiger partial charge in [-0.15, -0.1) is 0 Å². The van der Waals surface area contributed by atoms with Crippen LogP contribution in [0, 0.1) is 17.8 Å². The summed E-state index contributed by atoms with van der Waals surface area (Å²) in [5.74, 6) is -1.35. The maximum atomic E-state index is 14.4. The highest BCUT2D eigenvalue weighted by molar-refractivity contribution is 6.56. The van der Waals surface area contributed by atoms with Crippen LogP contribution < -0.4 is 15.8 Å². The Balaban J connectivity index is 0.000000171. The molecule has 1 spiro atoms. The van der Waals surface area contributed by atoms with E-state index in [0.717, 1.165) is 16.5 Å². The monoisotopic (exact) mass is 786 g/mol. The molecule has 4 aliphatic rings. The molecule has 2 unspecified atom stereocenters. The summed E-state index contributed by atoms with van der Waals surface area (Å²) in [5, 5.41) is 15.7. The predicted molar refractivity (Wildman–Crippen MR) is 222 cm³/mol. The number of imide groups is 1. The Morgan fingerprint density at radius 2 is 1.50 bits per heavy atom. The second-order valence-corrected chi connectivity index (χ2v) is 15.9. The van der Waals surface area contributed by atoms with E-state index in [9.17, 15) is 24.3 Å². The minimum absolute atomic E-state index is 0.0221. The molecule has 11 nitrogen and oxygen atoms in total. The number of nitrogens with one attached hydrogen (secondary N) is 2. The molecule has 2 aromatic heterocycles. The Labute approximate surface area is 336 Å². The van der Waals surface area contributed by atoms with Gasteiger partial charge in [0, 0.05) is 33.1 Å². The second-order valence-electron chi connectivity index (χ2n) is 15.5. The van der Waals surface area contributed by atoms with Crippen LogP contribution in [0.25, 0.3) is 27.5 Å². The number of fused-ring (bicyclic) bond motifs is 10. The van der Waals surface area contributed by atoms with Gasteiger partial charge in [-0.1, -0.05) is 86.1 Å². The number of carbonyl (C=O) groups is 3. The molecule has 7 aromatic rings. The minimum atomic E-state index is -1.13. The fourth-order valence-corrected chi connectivity index (χ4v) is 9.50. The molecular formula is C46H35ClN6O5. The summed E-state index contributed by atoms with van der Waals surface area (Å²) in [6, 6.07) is 36.0. The number of aromatic nitrogens is 3. The number of para-hydroxylation sites is 4. The first-order valence-electron chi connectivity index (χ1n) is 19.1. The van der Waals surface area contributed by atoms with Crippen molar-refractivity contribution >= 4 is 68.1 Å². The Kier molecular flexibility index (Phi) is 8.12. The number of hydrogen-bond donors (Lipinski definition) is 3. The minimum Gasteiger partial charge on any atom is -0.494 e. The topological polar surface area (TPSA) is 150 Å². The zero-order chi connectivity index (χ0) is 40.0. The number of carbonyl (C=O) groups excluding carboxylic acids is 3. The molecule has 0 radical (unpaired) electrons. The number of nitrogens with zero attached hydrogens (tertiary/aromatic N) is 4. The third kappa shape index (κ3) is 5.09. The molecule has 5 aromatic carbocycles. The van der Waals surface area contributed by atoms with Gasteiger partial charge in [-0.25, -0.2) is 14.9 Å². The average molecular weight is 787 g/mol. The number of Topliss-reactive ketones (excluding diaryl/α,β-unsaturated/α-hetero) is 1. The first-order valence-corrected chi connectivity index (χ1v) is 19.5. The van der Waals surface area contributed by atoms with E-state index in [1.807, 2.05) is 78.9 Å². The third-order valence-corrected chi connectivity index (χ3v) is 11.9. The molecule has 3 N–H and O–H groups in total. The van der Waals surface area contributed by atoms with Crippen LogP contribution in [0.2, 0.25) is 5.02 Å². The number of H-pyrrole nitrogens is 1. The Morgan fingerprint density at radius 3 is 2.28 bits per heavy atom. The molecular weight excluding hydrogens is 752 g/mol. The molecule has 12 heteroatoms. The predicted octanol–water partition coefficient (Wildman–Crippen LogP) is 7.61. The largest absolute Gasteiger partial charge is 0.494 e. The summed E-state index contributed by atoms with van der Waals surface area (Å²) >= 11 is 6.10. The molecule has 6 heterocycles. The van der Waals surface area contributed by atoms with E-state index in [1.54, 1.807) is 47.0 Å². The number of aromatic hydroxyl groups is 1. The van der Waals surface area contributed by atoms with Crippen molar-refractivity contribution in [3.8, 4) is 11.6 Å². The van der Waals surface area contributed by atoms with Crippen molar-refractivity contribution in [2.45, 2.75) is 31.8 Å². The molecule has 0 aliphatic carbocycles. The number of aliphatic imine (C=N–C) groups is 1. The number of benzene rings is 5. The van der Waals surface area contributed by atoms with Crippen molar-refractivity contribution in [3.63, 3.8) is 0 Å². The first-order chi connectivity index (χ1) is 28.1. The summed E-state index contributed by atoms with van der Waals surface area (Å²) in [6.07, 6.45) is 0.691. The van der Waals surface area contributed by atoms with E-state index in [2.05, 4.69) is 29.1 Å². The molecule has 11 rings (SSSR count). The number of rotatable bonds is 4. The zero-order valence-electron chi connectivity index (χ0n) is 31.3. The van der Waals surface area contributed by atoms with E-state index in [4.69, 9.17) is 16.6 Å². The third-order valence-electron chi connectivity index (χ3n) is 11.7. The van der Waals surface area contributed by atoms with Crippen LogP contribution in [-0.4, -0.2) is 49.0 Å². The van der Waals surface area contributed by atoms with Crippen LogP contribution >= 0.6 is 11.6 Å². The van der Waals surface area contributed by atoms with E-state index < -0.39 is 17.4 Å². The van der Waals surface area contributed by atoms with Crippen molar-refractivity contribution in [1.82, 2.24) is 19.9 Å². The van der Waals surface area contributed by atoms with Crippen molar-refractivity contribution in [3.05, 3.63) is 159 Å². The zero-order valence-corrected chi connectivity index (χ0v) is 32.1. The highest BCUT2D eigenvalue weighted by Gasteiger charge is 2.69. The summed E-state index contributed by atoms with van der Waals surface area (Å²) in [4.78, 5) is 68.3. The smallest absolute Gasteiger partial charge is 0.266 e. The molecule has 2 saturated heterocycles. The van der Waals surface area contributed by atoms with Gasteiger partial charge in [0.25, 0.3) is 5.56 Å². The molecule has 4 atom stereocenters. The first kappa shape index (κ1) is 35.7. The van der Waals surface area contributed by atoms with E-state index in [1.165, 1.54) is 4.90 Å². The van der Waals surface area contributed by atoms with Gasteiger partial charge in [0.15, 0.2) is 5.88 Å². The SMILES string of the molecule is CC(C)CC1NC2(c3ccccc3-n3c2nc2ccccc2c3=O)[C@H]2C(=O)N(c3ccc(Cl)cc3)C(=O)[C@@H]12.O=C1C(c2c(O)[nH]c3ccccc23)=Nc2ccccc21. The Morgan fingerprint density at radius 1 is 0.810 bits per heavy atom. The van der Waals surface area contributed by atoms with Crippen LogP contribution in [0.1, 0.15) is 47.6 Å². The lowest BCUT2D eigenvalue weighted by molar-refractivity contribution is -0.123. The van der Waals surface area contributed by atoms with Gasteiger partial charge in [0.2, 0.25) is 17.6 Å². The summed E-state index contributed by atoms with van der Waals surface area (Å²) < 4.78 is 1.63. The average Bonchev–Trinajstić information content (AvgIpc) is 3.98. The van der Waals surface area contributed by atoms with Crippen LogP contribution in [0.4, 0.5) is 11.4 Å². The van der Waals surface area contributed by atoms with Gasteiger partial charge in [-0.3, -0.25) is 29.1 Å². The van der Waals surface area contributed by atoms with Crippen LogP contribution in [0.3, 0.4) is 0 Å². The fourth-order valence-electron chi connectivity index (χ4n) is 9.37. The maximum Gasteiger partial charge on any atom is 0.266 e. The summed E-state index contributed by atoms with van der Waals surface area (Å²) in [5.41, 5.74) is 4.00. The van der Waals surface area contributed by atoms with Crippen molar-refractivity contribution in [2.24, 2.45) is 22.7 Å². The molecule has 58 heavy (non-hydrogen) atoms. The summed E-state index contributed by atoms with van der Waals surface area (Å²) in [6.45, 7) is 4.21. The molecule has 2 fully saturated rings. The van der Waals surface area contributed by atoms with Gasteiger partial charge in [-0.05, 0) is 73.0 Å². The molecule has 286 valence electrons. The van der Waals surface area contributed by atoms with Crippen molar-refractivity contribution in [2.75, 3.05) is 4.90 Å². The van der Waals surface area contributed by atoms with Gasteiger partial charge in [-0.2, -0.15) is 0 Å². The quantitative estimate of drug-likeness (QED) is 0.156. The number of anilines is 1. The number of ketones is 1. The van der Waals surface area contributed by atoms with Crippen LogP contribution in [0.15, 0.2) is 131 Å². The van der Waals surface area contributed by atoms with Crippen LogP contribution in [0.5, 0.6) is 5.88 Å². The van der Waals surface area contributed by atoms with E-state index in [-0.39, 0.29) is 41.0 Å². The van der Waals surface area contributed by atoms with Gasteiger partial charge in [0.05, 0.1) is 45.4 Å². The van der Waals surface area contributed by atoms with Gasteiger partial charge >= 0.3 is 0 Å². The lowest BCUT2D eigenvalue weighted by atomic mass is 9.75. The number of hydrogen-bond acceptors (Lipinski definition) is 8. The van der Waals surface area contributed by atoms with Crippen molar-refractivity contribution in [1.29, 1.82) is 0 Å². The highest BCUT2D eigenvalue weighted by Crippen LogP contribution is 2.56.